The number of nitrogens with zero attached hydrogens (tertiary/aromatic N) is 4. The maximum atomic E-state index is 12.6. The summed E-state index contributed by atoms with van der Waals surface area (Å²) in [4.78, 5) is 19.2. The molecule has 1 amide bonds. The summed E-state index contributed by atoms with van der Waals surface area (Å²) < 4.78 is 28.3. The SMILES string of the molecule is CCCCn1c(SCC(=O)N(C)Cc2ccsc2)nc2cc(S(=O)(=O)N(C)C)ccc21. The standard InChI is InChI=1S/C21H28N4O3S3/c1-5-6-10-25-19-8-7-17(31(27,28)23(2)3)12-18(19)22-21(25)30-15-20(26)24(4)13-16-9-11-29-14-16/h7-9,11-12,14H,5-6,10,13,15H2,1-4H3. The summed E-state index contributed by atoms with van der Waals surface area (Å²) in [7, 11) is 1.30. The molecule has 0 bridgehead atoms. The lowest BCUT2D eigenvalue weighted by Gasteiger charge is -2.16. The molecule has 7 nitrogen and oxygen atoms in total. The second-order valence-corrected chi connectivity index (χ2v) is 11.4. The van der Waals surface area contributed by atoms with Crippen LogP contribution in [0.15, 0.2) is 45.1 Å². The Balaban J connectivity index is 1.83. The largest absolute Gasteiger partial charge is 0.341 e. The van der Waals surface area contributed by atoms with Crippen LogP contribution in [0.3, 0.4) is 0 Å². The van der Waals surface area contributed by atoms with Crippen LogP contribution in [0.4, 0.5) is 0 Å². The Morgan fingerprint density at radius 1 is 1.23 bits per heavy atom. The molecule has 0 atom stereocenters. The molecule has 1 aromatic carbocycles. The highest BCUT2D eigenvalue weighted by Gasteiger charge is 2.20. The number of hydrogen-bond acceptors (Lipinski definition) is 6. The van der Waals surface area contributed by atoms with Crippen LogP contribution in [-0.4, -0.2) is 60.0 Å². The molecular weight excluding hydrogens is 452 g/mol. The van der Waals surface area contributed by atoms with Gasteiger partial charge in [0.2, 0.25) is 15.9 Å². The highest BCUT2D eigenvalue weighted by Crippen LogP contribution is 2.27. The average molecular weight is 481 g/mol. The third-order valence-corrected chi connectivity index (χ3v) is 8.45. The molecule has 2 heterocycles. The predicted molar refractivity (Wildman–Crippen MR) is 127 cm³/mol. The molecule has 0 aliphatic heterocycles. The summed E-state index contributed by atoms with van der Waals surface area (Å²) in [5.74, 6) is 0.306. The van der Waals surface area contributed by atoms with E-state index in [0.29, 0.717) is 12.1 Å². The number of thiophene rings is 1. The van der Waals surface area contributed by atoms with Crippen LogP contribution in [0, 0.1) is 0 Å². The van der Waals surface area contributed by atoms with Gasteiger partial charge in [-0.1, -0.05) is 25.1 Å². The van der Waals surface area contributed by atoms with Crippen molar-refractivity contribution in [2.75, 3.05) is 26.9 Å². The first-order valence-electron chi connectivity index (χ1n) is 10.0. The Morgan fingerprint density at radius 3 is 2.65 bits per heavy atom. The molecule has 0 radical (unpaired) electrons. The number of sulfonamides is 1. The minimum absolute atomic E-state index is 0.0289. The quantitative estimate of drug-likeness (QED) is 0.412. The highest BCUT2D eigenvalue weighted by atomic mass is 32.2. The molecule has 3 rings (SSSR count). The molecule has 0 aliphatic rings. The van der Waals surface area contributed by atoms with Crippen molar-refractivity contribution in [1.82, 2.24) is 18.8 Å². The maximum absolute atomic E-state index is 12.6. The molecular formula is C21H28N4O3S3. The lowest BCUT2D eigenvalue weighted by molar-refractivity contribution is -0.127. The minimum atomic E-state index is -3.53. The Bertz CT molecular complexity index is 1140. The number of unbranched alkanes of at least 4 members (excludes halogenated alkanes) is 1. The van der Waals surface area contributed by atoms with Gasteiger partial charge in [-0.3, -0.25) is 4.79 Å². The molecule has 3 aromatic rings. The van der Waals surface area contributed by atoms with Gasteiger partial charge in [0.05, 0.1) is 21.7 Å². The van der Waals surface area contributed by atoms with Gasteiger partial charge in [0.15, 0.2) is 5.16 Å². The Morgan fingerprint density at radius 2 is 2.00 bits per heavy atom. The van der Waals surface area contributed by atoms with Crippen LogP contribution in [0.1, 0.15) is 25.3 Å². The lowest BCUT2D eigenvalue weighted by Crippen LogP contribution is -2.27. The summed E-state index contributed by atoms with van der Waals surface area (Å²) >= 11 is 3.01. The molecule has 0 unspecified atom stereocenters. The van der Waals surface area contributed by atoms with Gasteiger partial charge in [-0.25, -0.2) is 17.7 Å². The summed E-state index contributed by atoms with van der Waals surface area (Å²) in [5.41, 5.74) is 2.63. The third kappa shape index (κ3) is 5.49. The van der Waals surface area contributed by atoms with Gasteiger partial charge < -0.3 is 9.47 Å². The molecule has 168 valence electrons. The van der Waals surface area contributed by atoms with Crippen LogP contribution < -0.4 is 0 Å². The van der Waals surface area contributed by atoms with E-state index in [1.165, 1.54) is 30.2 Å². The monoisotopic (exact) mass is 480 g/mol. The van der Waals surface area contributed by atoms with E-state index < -0.39 is 10.0 Å². The molecule has 2 aromatic heterocycles. The van der Waals surface area contributed by atoms with Crippen molar-refractivity contribution in [2.45, 2.75) is 42.9 Å². The van der Waals surface area contributed by atoms with Crippen molar-refractivity contribution >= 4 is 50.1 Å². The summed E-state index contributed by atoms with van der Waals surface area (Å²) in [6.07, 6.45) is 2.00. The van der Waals surface area contributed by atoms with E-state index in [2.05, 4.69) is 16.5 Å². The third-order valence-electron chi connectivity index (χ3n) is 4.95. The lowest BCUT2D eigenvalue weighted by atomic mass is 10.3. The van der Waals surface area contributed by atoms with Gasteiger partial charge in [0.25, 0.3) is 0 Å². The van der Waals surface area contributed by atoms with Crippen LogP contribution in [0.25, 0.3) is 11.0 Å². The number of aryl methyl sites for hydroxylation is 1. The first-order valence-corrected chi connectivity index (χ1v) is 13.4. The van der Waals surface area contributed by atoms with Gasteiger partial charge in [-0.2, -0.15) is 11.3 Å². The van der Waals surface area contributed by atoms with Gasteiger partial charge in [-0.05, 0) is 47.0 Å². The summed E-state index contributed by atoms with van der Waals surface area (Å²) in [6, 6.07) is 7.06. The summed E-state index contributed by atoms with van der Waals surface area (Å²) in [5, 5.41) is 4.78. The van der Waals surface area contributed by atoms with E-state index >= 15 is 0 Å². The second kappa shape index (κ2) is 10.2. The zero-order valence-corrected chi connectivity index (χ0v) is 20.7. The van der Waals surface area contributed by atoms with Gasteiger partial charge >= 0.3 is 0 Å². The van der Waals surface area contributed by atoms with Crippen molar-refractivity contribution in [1.29, 1.82) is 0 Å². The van der Waals surface area contributed by atoms with E-state index in [9.17, 15) is 13.2 Å². The number of imidazole rings is 1. The first kappa shape index (κ1) is 23.8. The summed E-state index contributed by atoms with van der Waals surface area (Å²) in [6.45, 7) is 3.48. The minimum Gasteiger partial charge on any atom is -0.341 e. The number of fused-ring (bicyclic) bond motifs is 1. The van der Waals surface area contributed by atoms with Crippen LogP contribution >= 0.6 is 23.1 Å². The number of aromatic nitrogens is 2. The molecule has 0 fully saturated rings. The van der Waals surface area contributed by atoms with Crippen LogP contribution in [0.5, 0.6) is 0 Å². The molecule has 31 heavy (non-hydrogen) atoms. The maximum Gasteiger partial charge on any atom is 0.242 e. The normalized spacial score (nSPS) is 12.0. The Labute approximate surface area is 192 Å². The van der Waals surface area contributed by atoms with Gasteiger partial charge in [-0.15, -0.1) is 0 Å². The van der Waals surface area contributed by atoms with Crippen molar-refractivity contribution in [3.05, 3.63) is 40.6 Å². The molecule has 0 saturated heterocycles. The predicted octanol–water partition coefficient (Wildman–Crippen LogP) is 3.90. The smallest absolute Gasteiger partial charge is 0.242 e. The second-order valence-electron chi connectivity index (χ2n) is 7.51. The zero-order chi connectivity index (χ0) is 22.6. The van der Waals surface area contributed by atoms with Crippen molar-refractivity contribution < 1.29 is 13.2 Å². The average Bonchev–Trinajstić information content (AvgIpc) is 3.37. The fourth-order valence-corrected chi connectivity index (χ4v) is 5.65. The van der Waals surface area contributed by atoms with Gasteiger partial charge in [0, 0.05) is 34.2 Å². The number of carbonyl (C=O) groups excluding carboxylic acids is 1. The van der Waals surface area contributed by atoms with E-state index in [0.717, 1.165) is 35.6 Å². The van der Waals surface area contributed by atoms with Crippen LogP contribution in [0.2, 0.25) is 0 Å². The molecule has 0 spiro atoms. The Kier molecular flexibility index (Phi) is 7.79. The zero-order valence-electron chi connectivity index (χ0n) is 18.2. The first-order chi connectivity index (χ1) is 14.7. The van der Waals surface area contributed by atoms with E-state index in [1.807, 2.05) is 22.9 Å². The van der Waals surface area contributed by atoms with Crippen LogP contribution in [-0.2, 0) is 27.9 Å². The number of thioether (sulfide) groups is 1. The van der Waals surface area contributed by atoms with E-state index in [1.54, 1.807) is 35.4 Å². The number of hydrogen-bond donors (Lipinski definition) is 0. The Hall–Kier alpha value is -1.88. The number of carbonyl (C=O) groups is 1. The molecule has 10 heteroatoms. The topological polar surface area (TPSA) is 75.5 Å². The van der Waals surface area contributed by atoms with E-state index in [-0.39, 0.29) is 16.6 Å². The van der Waals surface area contributed by atoms with Crippen molar-refractivity contribution in [2.24, 2.45) is 0 Å². The molecule has 0 saturated carbocycles. The fraction of sp³-hybridized carbons (Fsp3) is 0.429. The van der Waals surface area contributed by atoms with Crippen molar-refractivity contribution in [3.63, 3.8) is 0 Å². The number of rotatable bonds is 10. The van der Waals surface area contributed by atoms with Crippen molar-refractivity contribution in [3.8, 4) is 0 Å². The molecule has 0 aliphatic carbocycles. The fourth-order valence-electron chi connectivity index (χ4n) is 3.08. The molecule has 0 N–H and O–H groups in total. The highest BCUT2D eigenvalue weighted by molar-refractivity contribution is 7.99. The van der Waals surface area contributed by atoms with Gasteiger partial charge in [0.1, 0.15) is 0 Å². The van der Waals surface area contributed by atoms with E-state index in [4.69, 9.17) is 0 Å². The number of amides is 1. The number of benzene rings is 1.